The van der Waals surface area contributed by atoms with Gasteiger partial charge in [0, 0.05) is 17.1 Å². The number of hydrogen-bond donors (Lipinski definition) is 3. The molecule has 0 unspecified atom stereocenters. The molecule has 3 amide bonds. The Morgan fingerprint density at radius 3 is 2.23 bits per heavy atom. The zero-order valence-electron chi connectivity index (χ0n) is 13.8. The Labute approximate surface area is 155 Å². The lowest BCUT2D eigenvalue weighted by Gasteiger charge is -2.08. The van der Waals surface area contributed by atoms with Crippen molar-refractivity contribution in [3.63, 3.8) is 0 Å². The van der Waals surface area contributed by atoms with Crippen molar-refractivity contribution in [3.05, 3.63) is 64.7 Å². The van der Waals surface area contributed by atoms with Gasteiger partial charge in [0.2, 0.25) is 5.91 Å². The van der Waals surface area contributed by atoms with Crippen molar-refractivity contribution in [1.29, 1.82) is 0 Å². The van der Waals surface area contributed by atoms with Gasteiger partial charge < -0.3 is 21.1 Å². The van der Waals surface area contributed by atoms with E-state index in [-0.39, 0.29) is 19.1 Å². The van der Waals surface area contributed by atoms with Gasteiger partial charge in [-0.05, 0) is 42.0 Å². The molecule has 136 valence electrons. The second kappa shape index (κ2) is 9.43. The van der Waals surface area contributed by atoms with Crippen LogP contribution in [0.3, 0.4) is 0 Å². The molecule has 0 aliphatic carbocycles. The van der Waals surface area contributed by atoms with E-state index in [2.05, 4.69) is 10.6 Å². The molecular weight excluding hydrogens is 358 g/mol. The smallest absolute Gasteiger partial charge is 0.258 e. The monoisotopic (exact) mass is 375 g/mol. The maximum Gasteiger partial charge on any atom is 0.258 e. The SMILES string of the molecule is NC(=O)CNC(=O)c1ccc(CNC(=O)COc2ccc(Cl)cc2)cc1. The van der Waals surface area contributed by atoms with E-state index in [1.807, 2.05) is 0 Å². The molecule has 8 heteroatoms. The minimum Gasteiger partial charge on any atom is -0.484 e. The number of nitrogens with one attached hydrogen (secondary N) is 2. The van der Waals surface area contributed by atoms with Crippen molar-refractivity contribution < 1.29 is 19.1 Å². The van der Waals surface area contributed by atoms with Gasteiger partial charge in [0.1, 0.15) is 5.75 Å². The highest BCUT2D eigenvalue weighted by Crippen LogP contribution is 2.15. The fourth-order valence-electron chi connectivity index (χ4n) is 1.97. The van der Waals surface area contributed by atoms with Crippen LogP contribution in [-0.4, -0.2) is 30.9 Å². The second-order valence-corrected chi connectivity index (χ2v) is 5.80. The van der Waals surface area contributed by atoms with Crippen LogP contribution in [0, 0.1) is 0 Å². The average molecular weight is 376 g/mol. The highest BCUT2D eigenvalue weighted by Gasteiger charge is 2.07. The molecule has 7 nitrogen and oxygen atoms in total. The van der Waals surface area contributed by atoms with Crippen molar-refractivity contribution in [1.82, 2.24) is 10.6 Å². The number of halogens is 1. The zero-order chi connectivity index (χ0) is 18.9. The lowest BCUT2D eigenvalue weighted by molar-refractivity contribution is -0.123. The fraction of sp³-hybridized carbons (Fsp3) is 0.167. The first kappa shape index (κ1) is 19.3. The van der Waals surface area contributed by atoms with Crippen LogP contribution < -0.4 is 21.1 Å². The van der Waals surface area contributed by atoms with Gasteiger partial charge in [-0.1, -0.05) is 23.7 Å². The van der Waals surface area contributed by atoms with E-state index in [1.165, 1.54) is 0 Å². The van der Waals surface area contributed by atoms with E-state index in [1.54, 1.807) is 48.5 Å². The summed E-state index contributed by atoms with van der Waals surface area (Å²) in [6.45, 7) is -0.0362. The number of carbonyl (C=O) groups is 3. The third kappa shape index (κ3) is 6.45. The third-order valence-electron chi connectivity index (χ3n) is 3.31. The van der Waals surface area contributed by atoms with Gasteiger partial charge in [0.15, 0.2) is 6.61 Å². The summed E-state index contributed by atoms with van der Waals surface area (Å²) in [7, 11) is 0. The van der Waals surface area contributed by atoms with Gasteiger partial charge >= 0.3 is 0 Å². The molecule has 0 aliphatic rings. The highest BCUT2D eigenvalue weighted by molar-refractivity contribution is 6.30. The maximum absolute atomic E-state index is 11.8. The van der Waals surface area contributed by atoms with Crippen molar-refractivity contribution >= 4 is 29.3 Å². The first-order valence-corrected chi connectivity index (χ1v) is 8.12. The summed E-state index contributed by atoms with van der Waals surface area (Å²) < 4.78 is 5.35. The van der Waals surface area contributed by atoms with Gasteiger partial charge in [-0.2, -0.15) is 0 Å². The summed E-state index contributed by atoms with van der Waals surface area (Å²) in [6.07, 6.45) is 0. The normalized spacial score (nSPS) is 10.0. The van der Waals surface area contributed by atoms with E-state index in [0.717, 1.165) is 5.56 Å². The van der Waals surface area contributed by atoms with Crippen molar-refractivity contribution in [2.45, 2.75) is 6.54 Å². The predicted octanol–water partition coefficient (Wildman–Crippen LogP) is 1.25. The molecule has 0 fully saturated rings. The summed E-state index contributed by atoms with van der Waals surface area (Å²) >= 11 is 5.77. The van der Waals surface area contributed by atoms with Gasteiger partial charge in [-0.15, -0.1) is 0 Å². The topological polar surface area (TPSA) is 111 Å². The molecule has 0 aromatic heterocycles. The van der Waals surface area contributed by atoms with Crippen LogP contribution in [0.4, 0.5) is 0 Å². The van der Waals surface area contributed by atoms with Crippen molar-refractivity contribution in [2.75, 3.05) is 13.2 Å². The molecule has 0 heterocycles. The van der Waals surface area contributed by atoms with Gasteiger partial charge in [-0.3, -0.25) is 14.4 Å². The number of carbonyl (C=O) groups excluding carboxylic acids is 3. The molecule has 0 saturated heterocycles. The number of nitrogens with two attached hydrogens (primary N) is 1. The zero-order valence-corrected chi connectivity index (χ0v) is 14.6. The number of primary amides is 1. The molecule has 0 saturated carbocycles. The summed E-state index contributed by atoms with van der Waals surface area (Å²) in [4.78, 5) is 34.2. The van der Waals surface area contributed by atoms with E-state index in [0.29, 0.717) is 22.9 Å². The fourth-order valence-corrected chi connectivity index (χ4v) is 2.10. The van der Waals surface area contributed by atoms with E-state index in [9.17, 15) is 14.4 Å². The van der Waals surface area contributed by atoms with E-state index in [4.69, 9.17) is 22.1 Å². The molecule has 4 N–H and O–H groups in total. The van der Waals surface area contributed by atoms with Crippen LogP contribution in [0.25, 0.3) is 0 Å². The third-order valence-corrected chi connectivity index (χ3v) is 3.56. The Morgan fingerprint density at radius 2 is 1.62 bits per heavy atom. The molecule has 0 atom stereocenters. The molecule has 0 bridgehead atoms. The van der Waals surface area contributed by atoms with Crippen molar-refractivity contribution in [3.8, 4) is 5.75 Å². The van der Waals surface area contributed by atoms with Gasteiger partial charge in [0.25, 0.3) is 11.8 Å². The molecule has 26 heavy (non-hydrogen) atoms. The second-order valence-electron chi connectivity index (χ2n) is 5.37. The van der Waals surface area contributed by atoms with Crippen LogP contribution in [0.5, 0.6) is 5.75 Å². The number of amides is 3. The Balaban J connectivity index is 1.76. The van der Waals surface area contributed by atoms with Crippen LogP contribution in [-0.2, 0) is 16.1 Å². The van der Waals surface area contributed by atoms with Crippen LogP contribution in [0.1, 0.15) is 15.9 Å². The van der Waals surface area contributed by atoms with E-state index < -0.39 is 11.8 Å². The van der Waals surface area contributed by atoms with Gasteiger partial charge in [-0.25, -0.2) is 0 Å². The quantitative estimate of drug-likeness (QED) is 0.644. The summed E-state index contributed by atoms with van der Waals surface area (Å²) in [6, 6.07) is 13.3. The van der Waals surface area contributed by atoms with Crippen LogP contribution in [0.2, 0.25) is 5.02 Å². The summed E-state index contributed by atoms with van der Waals surface area (Å²) in [5.41, 5.74) is 6.18. The van der Waals surface area contributed by atoms with Crippen LogP contribution in [0.15, 0.2) is 48.5 Å². The Bertz CT molecular complexity index is 776. The number of ether oxygens (including phenoxy) is 1. The lowest BCUT2D eigenvalue weighted by atomic mass is 10.1. The van der Waals surface area contributed by atoms with Gasteiger partial charge in [0.05, 0.1) is 6.54 Å². The van der Waals surface area contributed by atoms with Crippen LogP contribution >= 0.6 is 11.6 Å². The predicted molar refractivity (Wildman–Crippen MR) is 96.8 cm³/mol. The van der Waals surface area contributed by atoms with Crippen molar-refractivity contribution in [2.24, 2.45) is 5.73 Å². The number of hydrogen-bond acceptors (Lipinski definition) is 4. The number of benzene rings is 2. The molecule has 0 spiro atoms. The molecule has 0 radical (unpaired) electrons. The first-order chi connectivity index (χ1) is 12.4. The Morgan fingerprint density at radius 1 is 0.962 bits per heavy atom. The number of rotatable bonds is 8. The standard InChI is InChI=1S/C18H18ClN3O4/c19-14-5-7-15(8-6-14)26-11-17(24)21-9-12-1-3-13(4-2-12)18(25)22-10-16(20)23/h1-8H,9-11H2,(H2,20,23)(H,21,24)(H,22,25). The largest absolute Gasteiger partial charge is 0.484 e. The highest BCUT2D eigenvalue weighted by atomic mass is 35.5. The molecular formula is C18H18ClN3O4. The first-order valence-electron chi connectivity index (χ1n) is 7.74. The molecule has 0 aliphatic heterocycles. The molecule has 2 rings (SSSR count). The lowest BCUT2D eigenvalue weighted by Crippen LogP contribution is -2.33. The molecule has 2 aromatic rings. The summed E-state index contributed by atoms with van der Waals surface area (Å²) in [5, 5.41) is 5.70. The summed E-state index contributed by atoms with van der Waals surface area (Å²) in [5.74, 6) is -0.728. The Kier molecular flexibility index (Phi) is 6.99. The average Bonchev–Trinajstić information content (AvgIpc) is 2.64. The maximum atomic E-state index is 11.8. The minimum absolute atomic E-state index is 0.116. The minimum atomic E-state index is -0.612. The Hall–Kier alpha value is -3.06. The molecule has 2 aromatic carbocycles. The van der Waals surface area contributed by atoms with E-state index >= 15 is 0 Å².